The lowest BCUT2D eigenvalue weighted by Crippen LogP contribution is -2.43. The largest absolute Gasteiger partial charge is 0.444 e. The summed E-state index contributed by atoms with van der Waals surface area (Å²) in [6.07, 6.45) is 5.18. The number of imide groups is 1. The molecule has 1 aromatic rings. The average Bonchev–Trinajstić information content (AvgIpc) is 3.41. The van der Waals surface area contributed by atoms with Crippen LogP contribution in [0.25, 0.3) is 0 Å². The molecule has 0 radical (unpaired) electrons. The number of amides is 2. The van der Waals surface area contributed by atoms with Crippen molar-refractivity contribution in [3.8, 4) is 0 Å². The van der Waals surface area contributed by atoms with Gasteiger partial charge in [0.05, 0.1) is 17.5 Å². The monoisotopic (exact) mass is 513 g/mol. The quantitative estimate of drug-likeness (QED) is 0.198. The van der Waals surface area contributed by atoms with Gasteiger partial charge in [0.2, 0.25) is 17.7 Å². The molecule has 0 spiro atoms. The van der Waals surface area contributed by atoms with Crippen molar-refractivity contribution in [2.75, 3.05) is 19.6 Å². The van der Waals surface area contributed by atoms with Gasteiger partial charge in [-0.25, -0.2) is 9.98 Å². The second-order valence-electron chi connectivity index (χ2n) is 7.70. The fourth-order valence-corrected chi connectivity index (χ4v) is 4.57. The van der Waals surface area contributed by atoms with Gasteiger partial charge in [0.1, 0.15) is 12.3 Å². The van der Waals surface area contributed by atoms with Crippen LogP contribution in [0.1, 0.15) is 30.7 Å². The van der Waals surface area contributed by atoms with Crippen LogP contribution in [0.3, 0.4) is 0 Å². The number of carbonyl (C=O) groups excluding carboxylic acids is 2. The number of nitrogens with zero attached hydrogens (tertiary/aromatic N) is 3. The molecule has 2 amide bonds. The molecular formula is C20H28IN5O3. The molecule has 2 N–H and O–H groups in total. The van der Waals surface area contributed by atoms with Crippen molar-refractivity contribution in [2.24, 2.45) is 28.7 Å². The number of aryl methyl sites for hydroxylation is 2. The lowest BCUT2D eigenvalue weighted by Gasteiger charge is -2.18. The normalized spacial score (nSPS) is 27.4. The summed E-state index contributed by atoms with van der Waals surface area (Å²) in [5.74, 6) is 2.16. The zero-order chi connectivity index (χ0) is 19.8. The molecule has 1 saturated carbocycles. The Balaban J connectivity index is 0.00000240. The smallest absolute Gasteiger partial charge is 0.233 e. The summed E-state index contributed by atoms with van der Waals surface area (Å²) in [6, 6.07) is 0. The number of halogens is 1. The number of nitrogens with one attached hydrogen (secondary N) is 2. The lowest BCUT2D eigenvalue weighted by molar-refractivity contribution is -0.140. The van der Waals surface area contributed by atoms with Gasteiger partial charge in [0.15, 0.2) is 5.96 Å². The van der Waals surface area contributed by atoms with Gasteiger partial charge >= 0.3 is 0 Å². The Labute approximate surface area is 187 Å². The van der Waals surface area contributed by atoms with E-state index in [1.54, 1.807) is 0 Å². The van der Waals surface area contributed by atoms with E-state index < -0.39 is 0 Å². The van der Waals surface area contributed by atoms with E-state index >= 15 is 0 Å². The molecular weight excluding hydrogens is 485 g/mol. The maximum atomic E-state index is 12.7. The van der Waals surface area contributed by atoms with Crippen LogP contribution in [0, 0.1) is 37.5 Å². The second-order valence-corrected chi connectivity index (χ2v) is 7.70. The van der Waals surface area contributed by atoms with E-state index in [9.17, 15) is 9.59 Å². The van der Waals surface area contributed by atoms with E-state index in [-0.39, 0.29) is 59.5 Å². The highest BCUT2D eigenvalue weighted by atomic mass is 127. The van der Waals surface area contributed by atoms with Crippen molar-refractivity contribution in [2.45, 2.75) is 33.7 Å². The highest BCUT2D eigenvalue weighted by molar-refractivity contribution is 14.0. The zero-order valence-electron chi connectivity index (χ0n) is 17.0. The van der Waals surface area contributed by atoms with Gasteiger partial charge in [-0.3, -0.25) is 14.5 Å². The molecule has 3 aliphatic rings. The van der Waals surface area contributed by atoms with Gasteiger partial charge in [-0.05, 0) is 39.0 Å². The van der Waals surface area contributed by atoms with Gasteiger partial charge in [0, 0.05) is 19.6 Å². The van der Waals surface area contributed by atoms with Gasteiger partial charge in [-0.1, -0.05) is 12.2 Å². The molecule has 4 unspecified atom stereocenters. The minimum atomic E-state index is -0.138. The number of rotatable bonds is 6. The molecule has 0 aromatic carbocycles. The lowest BCUT2D eigenvalue weighted by atomic mass is 9.85. The highest BCUT2D eigenvalue weighted by Crippen LogP contribution is 2.52. The maximum Gasteiger partial charge on any atom is 0.233 e. The molecule has 1 aromatic heterocycles. The molecule has 2 heterocycles. The first kappa shape index (κ1) is 21.8. The van der Waals surface area contributed by atoms with E-state index in [1.165, 1.54) is 4.90 Å². The van der Waals surface area contributed by atoms with Crippen LogP contribution in [-0.2, 0) is 16.1 Å². The van der Waals surface area contributed by atoms with E-state index in [4.69, 9.17) is 4.42 Å². The molecule has 158 valence electrons. The maximum absolute atomic E-state index is 12.7. The molecule has 4 atom stereocenters. The standard InChI is InChI=1S/C20H27N5O3.HI/c1-4-21-20(23-10-15-24-11(2)12(3)28-15)22-7-8-25-18(26)16-13-5-6-14(9-13)17(16)19(25)27;/h5-6,13-14,16-17H,4,7-10H2,1-3H3,(H2,21,22,23);1H. The second kappa shape index (κ2) is 8.85. The number of hydrogen-bond acceptors (Lipinski definition) is 5. The number of allylic oxidation sites excluding steroid dienone is 2. The van der Waals surface area contributed by atoms with Crippen LogP contribution >= 0.6 is 24.0 Å². The number of carbonyl (C=O) groups is 2. The molecule has 9 heteroatoms. The molecule has 1 aliphatic heterocycles. The Hall–Kier alpha value is -1.91. The van der Waals surface area contributed by atoms with E-state index in [0.29, 0.717) is 38.0 Å². The fourth-order valence-electron chi connectivity index (χ4n) is 4.57. The number of guanidine groups is 1. The van der Waals surface area contributed by atoms with Crippen LogP contribution < -0.4 is 10.6 Å². The number of fused-ring (bicyclic) bond motifs is 5. The third-order valence-corrected chi connectivity index (χ3v) is 5.98. The topological polar surface area (TPSA) is 99.8 Å². The van der Waals surface area contributed by atoms with Crippen molar-refractivity contribution in [3.63, 3.8) is 0 Å². The minimum Gasteiger partial charge on any atom is -0.444 e. The minimum absolute atomic E-state index is 0. The number of hydrogen-bond donors (Lipinski definition) is 2. The van der Waals surface area contributed by atoms with E-state index in [0.717, 1.165) is 17.9 Å². The summed E-state index contributed by atoms with van der Waals surface area (Å²) in [4.78, 5) is 35.6. The van der Waals surface area contributed by atoms with Gasteiger partial charge < -0.3 is 15.1 Å². The number of aliphatic imine (C=N–C) groups is 1. The molecule has 1 saturated heterocycles. The Morgan fingerprint density at radius 2 is 1.86 bits per heavy atom. The average molecular weight is 513 g/mol. The number of aromatic nitrogens is 1. The Morgan fingerprint density at radius 3 is 2.41 bits per heavy atom. The molecule has 2 aliphatic carbocycles. The predicted molar refractivity (Wildman–Crippen MR) is 119 cm³/mol. The molecule has 4 rings (SSSR count). The van der Waals surface area contributed by atoms with Crippen LogP contribution in [0.2, 0.25) is 0 Å². The molecule has 29 heavy (non-hydrogen) atoms. The molecule has 2 fully saturated rings. The first-order valence-electron chi connectivity index (χ1n) is 9.98. The Morgan fingerprint density at radius 1 is 1.21 bits per heavy atom. The van der Waals surface area contributed by atoms with Crippen molar-refractivity contribution >= 4 is 41.8 Å². The summed E-state index contributed by atoms with van der Waals surface area (Å²) in [6.45, 7) is 7.59. The number of oxazole rings is 1. The van der Waals surface area contributed by atoms with Crippen molar-refractivity contribution < 1.29 is 14.0 Å². The first-order chi connectivity index (χ1) is 13.5. The van der Waals surface area contributed by atoms with E-state index in [1.807, 2.05) is 20.8 Å². The van der Waals surface area contributed by atoms with Crippen LogP contribution in [-0.4, -0.2) is 47.3 Å². The fraction of sp³-hybridized carbons (Fsp3) is 0.600. The third-order valence-electron chi connectivity index (χ3n) is 5.98. The van der Waals surface area contributed by atoms with Gasteiger partial charge in [-0.15, -0.1) is 24.0 Å². The zero-order valence-corrected chi connectivity index (χ0v) is 19.3. The molecule has 2 bridgehead atoms. The highest BCUT2D eigenvalue weighted by Gasteiger charge is 2.58. The number of likely N-dealkylation sites (tertiary alicyclic amines) is 1. The summed E-state index contributed by atoms with van der Waals surface area (Å²) in [5, 5.41) is 6.35. The van der Waals surface area contributed by atoms with E-state index in [2.05, 4.69) is 32.8 Å². The SMILES string of the molecule is CCNC(=NCc1nc(C)c(C)o1)NCCN1C(=O)C2C3C=CC(C3)C2C1=O.I. The summed E-state index contributed by atoms with van der Waals surface area (Å²) < 4.78 is 5.55. The van der Waals surface area contributed by atoms with Crippen LogP contribution in [0.4, 0.5) is 0 Å². The third kappa shape index (κ3) is 4.06. The summed E-state index contributed by atoms with van der Waals surface area (Å²) in [5.41, 5.74) is 0.864. The first-order valence-corrected chi connectivity index (χ1v) is 9.98. The van der Waals surface area contributed by atoms with Crippen molar-refractivity contribution in [1.82, 2.24) is 20.5 Å². The predicted octanol–water partition coefficient (Wildman–Crippen LogP) is 1.77. The Bertz CT molecular complexity index is 800. The van der Waals surface area contributed by atoms with Crippen molar-refractivity contribution in [3.05, 3.63) is 29.5 Å². The Kier molecular flexibility index (Phi) is 6.65. The summed E-state index contributed by atoms with van der Waals surface area (Å²) in [7, 11) is 0. The van der Waals surface area contributed by atoms with Gasteiger partial charge in [0.25, 0.3) is 0 Å². The van der Waals surface area contributed by atoms with Crippen molar-refractivity contribution in [1.29, 1.82) is 0 Å². The van der Waals surface area contributed by atoms with Gasteiger partial charge in [-0.2, -0.15) is 0 Å². The van der Waals surface area contributed by atoms with Crippen LogP contribution in [0.5, 0.6) is 0 Å². The van der Waals surface area contributed by atoms with Crippen LogP contribution in [0.15, 0.2) is 21.6 Å². The molecule has 8 nitrogen and oxygen atoms in total. The summed E-state index contributed by atoms with van der Waals surface area (Å²) >= 11 is 0.